The smallest absolute Gasteiger partial charge is 0.238 e. The first-order chi connectivity index (χ1) is 10.6. The van der Waals surface area contributed by atoms with Crippen molar-refractivity contribution in [3.63, 3.8) is 0 Å². The standard InChI is InChI=1S/C18H19N3O/c1-21(2)17-11-9-15(10-12-17)4-3-14-5-7-16(8-6-14)13-18(22)20-19/h5-12H,13,19H2,1-2H3,(H,20,22). The van der Waals surface area contributed by atoms with Gasteiger partial charge in [-0.1, -0.05) is 24.0 Å². The lowest BCUT2D eigenvalue weighted by Gasteiger charge is -2.11. The van der Waals surface area contributed by atoms with Crippen LogP contribution in [0.3, 0.4) is 0 Å². The Hall–Kier alpha value is -2.77. The summed E-state index contributed by atoms with van der Waals surface area (Å²) in [6, 6.07) is 15.7. The van der Waals surface area contributed by atoms with E-state index in [1.54, 1.807) is 0 Å². The van der Waals surface area contributed by atoms with Gasteiger partial charge in [-0.25, -0.2) is 5.84 Å². The Kier molecular flexibility index (Phi) is 5.18. The minimum Gasteiger partial charge on any atom is -0.378 e. The molecule has 3 N–H and O–H groups in total. The van der Waals surface area contributed by atoms with E-state index in [9.17, 15) is 4.79 Å². The Morgan fingerprint density at radius 2 is 1.50 bits per heavy atom. The summed E-state index contributed by atoms with van der Waals surface area (Å²) >= 11 is 0. The Morgan fingerprint density at radius 1 is 1.00 bits per heavy atom. The molecule has 0 aliphatic carbocycles. The predicted octanol–water partition coefficient (Wildman–Crippen LogP) is 1.68. The molecular weight excluding hydrogens is 274 g/mol. The highest BCUT2D eigenvalue weighted by Gasteiger charge is 2.00. The lowest BCUT2D eigenvalue weighted by atomic mass is 10.1. The number of rotatable bonds is 3. The topological polar surface area (TPSA) is 58.4 Å². The third-order valence-electron chi connectivity index (χ3n) is 3.21. The second kappa shape index (κ2) is 7.30. The maximum absolute atomic E-state index is 11.2. The van der Waals surface area contributed by atoms with Gasteiger partial charge in [0.15, 0.2) is 0 Å². The third-order valence-corrected chi connectivity index (χ3v) is 3.21. The number of nitrogens with two attached hydrogens (primary N) is 1. The van der Waals surface area contributed by atoms with Crippen LogP contribution in [0, 0.1) is 11.8 Å². The van der Waals surface area contributed by atoms with Crippen molar-refractivity contribution in [3.8, 4) is 11.8 Å². The lowest BCUT2D eigenvalue weighted by molar-refractivity contribution is -0.120. The van der Waals surface area contributed by atoms with Crippen molar-refractivity contribution in [1.29, 1.82) is 0 Å². The van der Waals surface area contributed by atoms with Crippen LogP contribution in [0.15, 0.2) is 48.5 Å². The van der Waals surface area contributed by atoms with E-state index in [1.165, 1.54) is 0 Å². The van der Waals surface area contributed by atoms with Gasteiger partial charge < -0.3 is 4.90 Å². The van der Waals surface area contributed by atoms with E-state index in [0.717, 1.165) is 22.4 Å². The molecular formula is C18H19N3O. The molecule has 0 bridgehead atoms. The molecule has 0 atom stereocenters. The van der Waals surface area contributed by atoms with Gasteiger partial charge in [0, 0.05) is 30.9 Å². The van der Waals surface area contributed by atoms with Crippen LogP contribution in [-0.2, 0) is 11.2 Å². The van der Waals surface area contributed by atoms with Crippen molar-refractivity contribution >= 4 is 11.6 Å². The maximum atomic E-state index is 11.2. The largest absolute Gasteiger partial charge is 0.378 e. The van der Waals surface area contributed by atoms with Gasteiger partial charge in [-0.3, -0.25) is 10.2 Å². The molecule has 1 amide bonds. The van der Waals surface area contributed by atoms with Crippen LogP contribution >= 0.6 is 0 Å². The number of carbonyl (C=O) groups is 1. The van der Waals surface area contributed by atoms with Gasteiger partial charge in [0.1, 0.15) is 0 Å². The number of nitrogens with one attached hydrogen (secondary N) is 1. The summed E-state index contributed by atoms with van der Waals surface area (Å²) in [4.78, 5) is 13.2. The molecule has 0 spiro atoms. The van der Waals surface area contributed by atoms with Crippen molar-refractivity contribution in [2.75, 3.05) is 19.0 Å². The van der Waals surface area contributed by atoms with Crippen LogP contribution in [-0.4, -0.2) is 20.0 Å². The summed E-state index contributed by atoms with van der Waals surface area (Å²) in [6.07, 6.45) is 0.274. The minimum atomic E-state index is -0.209. The Balaban J connectivity index is 2.06. The zero-order valence-corrected chi connectivity index (χ0v) is 12.8. The molecule has 0 saturated heterocycles. The second-order valence-corrected chi connectivity index (χ2v) is 5.13. The van der Waals surface area contributed by atoms with Gasteiger partial charge in [-0.2, -0.15) is 0 Å². The Bertz CT molecular complexity index is 692. The molecule has 0 aliphatic heterocycles. The van der Waals surface area contributed by atoms with Crippen LogP contribution in [0.5, 0.6) is 0 Å². The Labute approximate surface area is 130 Å². The fraction of sp³-hybridized carbons (Fsp3) is 0.167. The van der Waals surface area contributed by atoms with E-state index >= 15 is 0 Å². The SMILES string of the molecule is CN(C)c1ccc(C#Cc2ccc(CC(=O)NN)cc2)cc1. The minimum absolute atomic E-state index is 0.209. The summed E-state index contributed by atoms with van der Waals surface area (Å²) in [5.41, 5.74) is 6.05. The van der Waals surface area contributed by atoms with Crippen molar-refractivity contribution in [2.45, 2.75) is 6.42 Å². The van der Waals surface area contributed by atoms with E-state index < -0.39 is 0 Å². The first-order valence-electron chi connectivity index (χ1n) is 6.96. The highest BCUT2D eigenvalue weighted by molar-refractivity contribution is 5.77. The van der Waals surface area contributed by atoms with Crippen molar-refractivity contribution < 1.29 is 4.79 Å². The number of carbonyl (C=O) groups excluding carboxylic acids is 1. The summed E-state index contributed by atoms with van der Waals surface area (Å²) in [5.74, 6) is 11.1. The fourth-order valence-electron chi connectivity index (χ4n) is 1.93. The molecule has 4 heteroatoms. The molecule has 0 aromatic heterocycles. The van der Waals surface area contributed by atoms with E-state index in [1.807, 2.05) is 67.5 Å². The van der Waals surface area contributed by atoms with Crippen LogP contribution in [0.1, 0.15) is 16.7 Å². The average molecular weight is 293 g/mol. The molecule has 2 aromatic rings. The monoisotopic (exact) mass is 293 g/mol. The van der Waals surface area contributed by atoms with Gasteiger partial charge >= 0.3 is 0 Å². The predicted molar refractivity (Wildman–Crippen MR) is 89.2 cm³/mol. The van der Waals surface area contributed by atoms with Gasteiger partial charge in [0.05, 0.1) is 6.42 Å². The van der Waals surface area contributed by atoms with Crippen molar-refractivity contribution in [2.24, 2.45) is 5.84 Å². The van der Waals surface area contributed by atoms with Crippen LogP contribution in [0.25, 0.3) is 0 Å². The van der Waals surface area contributed by atoms with Gasteiger partial charge in [-0.05, 0) is 42.0 Å². The van der Waals surface area contributed by atoms with Crippen LogP contribution in [0.4, 0.5) is 5.69 Å². The first-order valence-corrected chi connectivity index (χ1v) is 6.96. The lowest BCUT2D eigenvalue weighted by Crippen LogP contribution is -2.31. The van der Waals surface area contributed by atoms with Gasteiger partial charge in [0.25, 0.3) is 0 Å². The number of benzene rings is 2. The van der Waals surface area contributed by atoms with E-state index in [0.29, 0.717) is 0 Å². The zero-order chi connectivity index (χ0) is 15.9. The van der Waals surface area contributed by atoms with Crippen LogP contribution < -0.4 is 16.2 Å². The molecule has 0 radical (unpaired) electrons. The number of hydrogen-bond donors (Lipinski definition) is 2. The Morgan fingerprint density at radius 3 is 1.95 bits per heavy atom. The molecule has 2 rings (SSSR count). The van der Waals surface area contributed by atoms with Crippen molar-refractivity contribution in [1.82, 2.24) is 5.43 Å². The highest BCUT2D eigenvalue weighted by Crippen LogP contribution is 2.11. The summed E-state index contributed by atoms with van der Waals surface area (Å²) in [6.45, 7) is 0. The number of anilines is 1. The van der Waals surface area contributed by atoms with E-state index in [4.69, 9.17) is 5.84 Å². The molecule has 0 unspecified atom stereocenters. The third kappa shape index (κ3) is 4.37. The number of nitrogens with zero attached hydrogens (tertiary/aromatic N) is 1. The molecule has 0 saturated carbocycles. The molecule has 2 aromatic carbocycles. The van der Waals surface area contributed by atoms with Gasteiger partial charge in [0.2, 0.25) is 5.91 Å². The maximum Gasteiger partial charge on any atom is 0.238 e. The second-order valence-electron chi connectivity index (χ2n) is 5.13. The summed E-state index contributed by atoms with van der Waals surface area (Å²) in [5, 5.41) is 0. The van der Waals surface area contributed by atoms with Gasteiger partial charge in [-0.15, -0.1) is 0 Å². The van der Waals surface area contributed by atoms with Crippen LogP contribution in [0.2, 0.25) is 0 Å². The molecule has 0 heterocycles. The number of hydrazine groups is 1. The quantitative estimate of drug-likeness (QED) is 0.392. The molecule has 112 valence electrons. The molecule has 0 fully saturated rings. The number of amides is 1. The van der Waals surface area contributed by atoms with E-state index in [2.05, 4.69) is 17.3 Å². The highest BCUT2D eigenvalue weighted by atomic mass is 16.2. The zero-order valence-electron chi connectivity index (χ0n) is 12.8. The average Bonchev–Trinajstić information content (AvgIpc) is 2.54. The van der Waals surface area contributed by atoms with Crippen molar-refractivity contribution in [3.05, 3.63) is 65.2 Å². The normalized spacial score (nSPS) is 9.59. The summed E-state index contributed by atoms with van der Waals surface area (Å²) in [7, 11) is 4.01. The molecule has 0 aliphatic rings. The fourth-order valence-corrected chi connectivity index (χ4v) is 1.93. The number of hydrogen-bond acceptors (Lipinski definition) is 3. The molecule has 4 nitrogen and oxygen atoms in total. The molecule has 22 heavy (non-hydrogen) atoms. The first kappa shape index (κ1) is 15.6. The van der Waals surface area contributed by atoms with E-state index in [-0.39, 0.29) is 12.3 Å². The summed E-state index contributed by atoms with van der Waals surface area (Å²) < 4.78 is 0.